The lowest BCUT2D eigenvalue weighted by molar-refractivity contribution is -0.177. The Bertz CT molecular complexity index is 289. The van der Waals surface area contributed by atoms with Crippen LogP contribution in [0.2, 0.25) is 0 Å². The minimum atomic E-state index is -2.57. The molecule has 0 aromatic heterocycles. The highest BCUT2D eigenvalue weighted by Crippen LogP contribution is 2.22. The number of rotatable bonds is 6. The predicted molar refractivity (Wildman–Crippen MR) is 41.6 cm³/mol. The van der Waals surface area contributed by atoms with E-state index in [1.165, 1.54) is 0 Å². The molecule has 0 saturated carbocycles. The third-order valence-corrected chi connectivity index (χ3v) is 1.85. The molecule has 0 spiro atoms. The summed E-state index contributed by atoms with van der Waals surface area (Å²) >= 11 is 0. The number of aliphatic hydroxyl groups is 1. The average molecular weight is 207 g/mol. The molecule has 7 nitrogen and oxygen atoms in total. The molecule has 0 aliphatic carbocycles. The number of hydrogen-bond donors (Lipinski definition) is 4. The molecule has 4 N–H and O–H groups in total. The first-order valence-corrected chi connectivity index (χ1v) is 3.60. The standard InChI is InChI=1S/C7H10O7/c1-3(5(10)11)7(14,6(12)13)2-4(8)9/h3,14H,2H2,1H3,(H,8,9)(H,10,11)(H,12,13)/i14D. The van der Waals surface area contributed by atoms with Gasteiger partial charge < -0.3 is 20.4 Å². The van der Waals surface area contributed by atoms with Crippen molar-refractivity contribution in [3.05, 3.63) is 0 Å². The van der Waals surface area contributed by atoms with Crippen molar-refractivity contribution < 1.29 is 34.8 Å². The van der Waals surface area contributed by atoms with Crippen LogP contribution in [0.4, 0.5) is 0 Å². The van der Waals surface area contributed by atoms with Crippen LogP contribution in [-0.4, -0.2) is 45.4 Å². The molecule has 0 fully saturated rings. The lowest BCUT2D eigenvalue weighted by Gasteiger charge is -2.25. The summed E-state index contributed by atoms with van der Waals surface area (Å²) in [5, 5.41) is 29.6. The molecule has 0 aromatic carbocycles. The van der Waals surface area contributed by atoms with Gasteiger partial charge in [-0.2, -0.15) is 0 Å². The smallest absolute Gasteiger partial charge is 0.337 e. The number of aliphatic carboxylic acids is 3. The van der Waals surface area contributed by atoms with Crippen molar-refractivity contribution in [1.29, 1.82) is 1.43 Å². The summed E-state index contributed by atoms with van der Waals surface area (Å²) in [5.41, 5.74) is -2.57. The second kappa shape index (κ2) is 4.05. The molecule has 14 heavy (non-hydrogen) atoms. The van der Waals surface area contributed by atoms with E-state index >= 15 is 0 Å². The first kappa shape index (κ1) is 10.5. The summed E-state index contributed by atoms with van der Waals surface area (Å²) < 4.78 is 6.55. The number of carboxylic acids is 3. The van der Waals surface area contributed by atoms with Crippen LogP contribution in [0.5, 0.6) is 0 Å². The second-order valence-electron chi connectivity index (χ2n) is 2.83. The molecule has 0 radical (unpaired) electrons. The fourth-order valence-electron chi connectivity index (χ4n) is 0.838. The summed E-state index contributed by atoms with van der Waals surface area (Å²) in [5.74, 6) is -6.55. The molecule has 0 rings (SSSR count). The van der Waals surface area contributed by atoms with Crippen LogP contribution < -0.4 is 0 Å². The second-order valence-corrected chi connectivity index (χ2v) is 2.83. The Morgan fingerprint density at radius 1 is 1.36 bits per heavy atom. The van der Waals surface area contributed by atoms with E-state index in [9.17, 15) is 14.4 Å². The predicted octanol–water partition coefficient (Wildman–Crippen LogP) is -1.00. The topological polar surface area (TPSA) is 132 Å². The van der Waals surface area contributed by atoms with Gasteiger partial charge in [0.15, 0.2) is 5.60 Å². The van der Waals surface area contributed by atoms with Gasteiger partial charge in [0.2, 0.25) is 1.43 Å². The minimum Gasteiger partial charge on any atom is -0.481 e. The highest BCUT2D eigenvalue weighted by atomic mass is 16.4. The molecule has 0 amide bonds. The first-order chi connectivity index (χ1) is 6.77. The van der Waals surface area contributed by atoms with Gasteiger partial charge in [-0.3, -0.25) is 9.59 Å². The molecule has 0 bridgehead atoms. The lowest BCUT2D eigenvalue weighted by Crippen LogP contribution is -2.49. The van der Waals surface area contributed by atoms with Crippen LogP contribution >= 0.6 is 0 Å². The molecule has 0 heterocycles. The molecule has 0 aliphatic heterocycles. The molecular formula is C7H10O7. The average Bonchev–Trinajstić information content (AvgIpc) is 2.12. The summed E-state index contributed by atoms with van der Waals surface area (Å²) in [6.45, 7) is 0.966. The lowest BCUT2D eigenvalue weighted by atomic mass is 9.86. The molecule has 0 aromatic rings. The summed E-state index contributed by atoms with van der Waals surface area (Å²) in [7, 11) is 0. The van der Waals surface area contributed by atoms with E-state index in [0.29, 0.717) is 0 Å². The van der Waals surface area contributed by atoms with E-state index in [2.05, 4.69) is 5.11 Å². The Morgan fingerprint density at radius 3 is 2.07 bits per heavy atom. The van der Waals surface area contributed by atoms with Crippen LogP contribution in [0.3, 0.4) is 0 Å². The van der Waals surface area contributed by atoms with Crippen molar-refractivity contribution >= 4 is 17.9 Å². The highest BCUT2D eigenvalue weighted by Gasteiger charge is 2.47. The third kappa shape index (κ3) is 2.43. The fraction of sp³-hybridized carbons (Fsp3) is 0.571. The quantitative estimate of drug-likeness (QED) is 0.439. The van der Waals surface area contributed by atoms with Crippen LogP contribution in [0.25, 0.3) is 0 Å². The monoisotopic (exact) mass is 207 g/mol. The van der Waals surface area contributed by atoms with Gasteiger partial charge in [0.1, 0.15) is 0 Å². The van der Waals surface area contributed by atoms with E-state index in [-0.39, 0.29) is 0 Å². The fourth-order valence-corrected chi connectivity index (χ4v) is 0.838. The van der Waals surface area contributed by atoms with Crippen LogP contribution in [0, 0.1) is 5.92 Å². The minimum absolute atomic E-state index is 0.966. The third-order valence-electron chi connectivity index (χ3n) is 1.85. The highest BCUT2D eigenvalue weighted by molar-refractivity contribution is 5.89. The number of carboxylic acid groups (broad SMARTS) is 3. The Kier molecular flexibility index (Phi) is 3.03. The zero-order valence-corrected chi connectivity index (χ0v) is 7.26. The van der Waals surface area contributed by atoms with Gasteiger partial charge in [-0.05, 0) is 6.92 Å². The zero-order valence-electron chi connectivity index (χ0n) is 8.26. The van der Waals surface area contributed by atoms with Crippen molar-refractivity contribution in [2.75, 3.05) is 0 Å². The van der Waals surface area contributed by atoms with Gasteiger partial charge in [-0.15, -0.1) is 0 Å². The normalized spacial score (nSPS) is 17.6. The van der Waals surface area contributed by atoms with E-state index in [1.807, 2.05) is 0 Å². The van der Waals surface area contributed by atoms with E-state index < -0.39 is 35.8 Å². The number of hydrogen-bond acceptors (Lipinski definition) is 4. The van der Waals surface area contributed by atoms with Crippen LogP contribution in [-0.2, 0) is 14.4 Å². The molecular weight excluding hydrogens is 196 g/mol. The van der Waals surface area contributed by atoms with Gasteiger partial charge in [-0.1, -0.05) is 0 Å². The molecule has 2 unspecified atom stereocenters. The maximum atomic E-state index is 10.8. The molecule has 0 aliphatic rings. The van der Waals surface area contributed by atoms with E-state index in [4.69, 9.17) is 16.8 Å². The molecule has 7 heteroatoms. The molecule has 2 atom stereocenters. The number of carbonyl (C=O) groups is 3. The van der Waals surface area contributed by atoms with E-state index in [1.54, 1.807) is 0 Å². The van der Waals surface area contributed by atoms with Gasteiger partial charge in [-0.25, -0.2) is 4.79 Å². The summed E-state index contributed by atoms with van der Waals surface area (Å²) in [4.78, 5) is 31.7. The Hall–Kier alpha value is -1.63. The van der Waals surface area contributed by atoms with Crippen molar-refractivity contribution in [3.63, 3.8) is 0 Å². The van der Waals surface area contributed by atoms with Crippen molar-refractivity contribution in [1.82, 2.24) is 0 Å². The maximum Gasteiger partial charge on any atom is 0.337 e. The Labute approximate surface area is 80.1 Å². The largest absolute Gasteiger partial charge is 0.481 e. The maximum absolute atomic E-state index is 10.8. The van der Waals surface area contributed by atoms with Crippen LogP contribution in [0.1, 0.15) is 13.3 Å². The van der Waals surface area contributed by atoms with Gasteiger partial charge >= 0.3 is 17.9 Å². The molecule has 80 valence electrons. The Morgan fingerprint density at radius 2 is 1.86 bits per heavy atom. The molecule has 0 saturated heterocycles. The van der Waals surface area contributed by atoms with Gasteiger partial charge in [0.05, 0.1) is 12.3 Å². The zero-order chi connectivity index (χ0) is 12.2. The van der Waals surface area contributed by atoms with Crippen molar-refractivity contribution in [2.45, 2.75) is 18.9 Å². The van der Waals surface area contributed by atoms with Crippen molar-refractivity contribution in [3.8, 4) is 0 Å². The van der Waals surface area contributed by atoms with E-state index in [0.717, 1.165) is 6.92 Å². The Balaban J connectivity index is 5.23. The summed E-state index contributed by atoms with van der Waals surface area (Å²) in [6, 6.07) is 0. The van der Waals surface area contributed by atoms with Crippen molar-refractivity contribution in [2.24, 2.45) is 5.92 Å². The summed E-state index contributed by atoms with van der Waals surface area (Å²) in [6.07, 6.45) is -1.10. The first-order valence-electron chi connectivity index (χ1n) is 4.01. The SMILES string of the molecule is [2H]OC(CC(=O)O)(C(=O)O)C(C)C(=O)O. The van der Waals surface area contributed by atoms with Crippen LogP contribution in [0.15, 0.2) is 0 Å². The van der Waals surface area contributed by atoms with Gasteiger partial charge in [0.25, 0.3) is 0 Å². The van der Waals surface area contributed by atoms with Gasteiger partial charge in [0, 0.05) is 0 Å².